The Kier molecular flexibility index (Phi) is 4.79. The summed E-state index contributed by atoms with van der Waals surface area (Å²) in [6, 6.07) is 8.47. The highest BCUT2D eigenvalue weighted by atomic mass is 32.2. The van der Waals surface area contributed by atoms with E-state index in [2.05, 4.69) is 14.9 Å². The maximum absolute atomic E-state index is 12.8. The van der Waals surface area contributed by atoms with Gasteiger partial charge in [-0.15, -0.1) is 0 Å². The molecule has 0 aliphatic heterocycles. The molecule has 142 valence electrons. The average Bonchev–Trinajstić information content (AvgIpc) is 3.22. The van der Waals surface area contributed by atoms with Crippen molar-refractivity contribution >= 4 is 21.6 Å². The zero-order valence-electron chi connectivity index (χ0n) is 15.4. The number of furan rings is 1. The molecule has 8 nitrogen and oxygen atoms in total. The minimum Gasteiger partial charge on any atom is -0.458 e. The Morgan fingerprint density at radius 3 is 2.59 bits per heavy atom. The summed E-state index contributed by atoms with van der Waals surface area (Å²) >= 11 is 0. The number of hydrogen-bond donors (Lipinski definition) is 2. The predicted molar refractivity (Wildman–Crippen MR) is 101 cm³/mol. The summed E-state index contributed by atoms with van der Waals surface area (Å²) in [5.41, 5.74) is 1.92. The van der Waals surface area contributed by atoms with Crippen molar-refractivity contribution in [3.63, 3.8) is 0 Å². The molecule has 0 radical (unpaired) electrons. The molecule has 0 saturated heterocycles. The number of carbonyl (C=O) groups excluding carboxylic acids is 1. The van der Waals surface area contributed by atoms with Crippen LogP contribution in [0.2, 0.25) is 0 Å². The van der Waals surface area contributed by atoms with Crippen molar-refractivity contribution in [3.05, 3.63) is 53.4 Å². The average molecular weight is 388 g/mol. The molecule has 0 aliphatic rings. The number of sulfonamides is 1. The number of H-pyrrole nitrogens is 1. The van der Waals surface area contributed by atoms with Crippen molar-refractivity contribution in [2.45, 2.75) is 18.7 Å². The van der Waals surface area contributed by atoms with Crippen molar-refractivity contribution < 1.29 is 17.6 Å². The Bertz CT molecular complexity index is 1100. The number of nitrogens with one attached hydrogen (secondary N) is 2. The lowest BCUT2D eigenvalue weighted by molar-refractivity contribution is 0.0828. The number of amides is 1. The van der Waals surface area contributed by atoms with Gasteiger partial charge in [0.05, 0.1) is 17.4 Å². The Hall–Kier alpha value is -3.07. The van der Waals surface area contributed by atoms with Crippen LogP contribution in [0.25, 0.3) is 11.5 Å². The second kappa shape index (κ2) is 6.92. The Morgan fingerprint density at radius 1 is 1.22 bits per heavy atom. The van der Waals surface area contributed by atoms with Crippen LogP contribution in [0.3, 0.4) is 0 Å². The van der Waals surface area contributed by atoms with Gasteiger partial charge in [-0.3, -0.25) is 14.6 Å². The van der Waals surface area contributed by atoms with Crippen LogP contribution in [0.15, 0.2) is 45.8 Å². The van der Waals surface area contributed by atoms with Crippen LogP contribution < -0.4 is 4.72 Å². The molecule has 0 atom stereocenters. The van der Waals surface area contributed by atoms with Crippen molar-refractivity contribution in [2.24, 2.45) is 0 Å². The van der Waals surface area contributed by atoms with E-state index in [1.54, 1.807) is 33.2 Å². The lowest BCUT2D eigenvalue weighted by Gasteiger charge is -2.09. The lowest BCUT2D eigenvalue weighted by Crippen LogP contribution is -2.21. The van der Waals surface area contributed by atoms with Crippen molar-refractivity contribution in [1.29, 1.82) is 0 Å². The monoisotopic (exact) mass is 388 g/mol. The number of para-hydroxylation sites is 1. The fourth-order valence-corrected chi connectivity index (χ4v) is 3.93. The van der Waals surface area contributed by atoms with Gasteiger partial charge in [0.15, 0.2) is 5.76 Å². The molecule has 0 unspecified atom stereocenters. The van der Waals surface area contributed by atoms with E-state index < -0.39 is 10.0 Å². The first-order valence-corrected chi connectivity index (χ1v) is 9.63. The standard InChI is InChI=1S/C18H20N4O4S/c1-11-7-5-6-8-14(11)21-27(24,25)16-9-15(26-12(16)2)17-13(10-19-20-17)18(23)22(3)4/h5-10,21H,1-4H3,(H,19,20). The molecule has 27 heavy (non-hydrogen) atoms. The highest BCUT2D eigenvalue weighted by Gasteiger charge is 2.26. The van der Waals surface area contributed by atoms with Crippen LogP contribution in [0.1, 0.15) is 21.7 Å². The van der Waals surface area contributed by atoms with Gasteiger partial charge in [0.2, 0.25) is 0 Å². The van der Waals surface area contributed by atoms with Gasteiger partial charge in [0, 0.05) is 20.2 Å². The van der Waals surface area contributed by atoms with Gasteiger partial charge in [-0.05, 0) is 25.5 Å². The fraction of sp³-hybridized carbons (Fsp3) is 0.222. The summed E-state index contributed by atoms with van der Waals surface area (Å²) < 4.78 is 33.8. The van der Waals surface area contributed by atoms with E-state index in [9.17, 15) is 13.2 Å². The summed E-state index contributed by atoms with van der Waals surface area (Å²) in [7, 11) is -0.620. The molecule has 2 aromatic heterocycles. The fourth-order valence-electron chi connectivity index (χ4n) is 2.62. The zero-order valence-corrected chi connectivity index (χ0v) is 16.2. The topological polar surface area (TPSA) is 108 Å². The van der Waals surface area contributed by atoms with E-state index in [0.29, 0.717) is 16.9 Å². The number of anilines is 1. The van der Waals surface area contributed by atoms with Crippen molar-refractivity contribution in [2.75, 3.05) is 18.8 Å². The van der Waals surface area contributed by atoms with Crippen LogP contribution in [-0.4, -0.2) is 43.5 Å². The van der Waals surface area contributed by atoms with E-state index in [4.69, 9.17) is 4.42 Å². The third-order valence-electron chi connectivity index (χ3n) is 4.07. The van der Waals surface area contributed by atoms with E-state index in [0.717, 1.165) is 5.56 Å². The molecule has 0 aliphatic carbocycles. The molecule has 1 amide bonds. The minimum absolute atomic E-state index is 0.00129. The maximum Gasteiger partial charge on any atom is 0.265 e. The maximum atomic E-state index is 12.8. The molecule has 0 saturated carbocycles. The summed E-state index contributed by atoms with van der Waals surface area (Å²) in [6.45, 7) is 3.37. The quantitative estimate of drug-likeness (QED) is 0.699. The largest absolute Gasteiger partial charge is 0.458 e. The van der Waals surface area contributed by atoms with Crippen molar-refractivity contribution in [1.82, 2.24) is 15.1 Å². The van der Waals surface area contributed by atoms with Gasteiger partial charge in [0.25, 0.3) is 15.9 Å². The predicted octanol–water partition coefficient (Wildman–Crippen LogP) is 2.79. The van der Waals surface area contributed by atoms with Crippen LogP contribution in [0, 0.1) is 13.8 Å². The molecule has 2 heterocycles. The number of carbonyl (C=O) groups is 1. The molecule has 2 N–H and O–H groups in total. The third kappa shape index (κ3) is 3.59. The molecule has 0 fully saturated rings. The highest BCUT2D eigenvalue weighted by molar-refractivity contribution is 7.92. The lowest BCUT2D eigenvalue weighted by atomic mass is 10.2. The van der Waals surface area contributed by atoms with E-state index in [1.807, 2.05) is 19.1 Å². The number of hydrogen-bond acceptors (Lipinski definition) is 5. The number of aryl methyl sites for hydroxylation is 2. The Balaban J connectivity index is 1.99. The Morgan fingerprint density at radius 2 is 1.93 bits per heavy atom. The van der Waals surface area contributed by atoms with E-state index in [1.165, 1.54) is 17.2 Å². The van der Waals surface area contributed by atoms with Crippen LogP contribution in [-0.2, 0) is 10.0 Å². The second-order valence-corrected chi connectivity index (χ2v) is 7.96. The van der Waals surface area contributed by atoms with E-state index in [-0.39, 0.29) is 22.3 Å². The highest BCUT2D eigenvalue weighted by Crippen LogP contribution is 2.30. The van der Waals surface area contributed by atoms with Crippen LogP contribution in [0.5, 0.6) is 0 Å². The van der Waals surface area contributed by atoms with Crippen molar-refractivity contribution in [3.8, 4) is 11.5 Å². The van der Waals surface area contributed by atoms with Gasteiger partial charge in [-0.25, -0.2) is 8.42 Å². The molecule has 3 rings (SSSR count). The van der Waals surface area contributed by atoms with Gasteiger partial charge < -0.3 is 9.32 Å². The molecule has 1 aromatic carbocycles. The molecule has 0 spiro atoms. The van der Waals surface area contributed by atoms with Crippen LogP contribution >= 0.6 is 0 Å². The molecule has 3 aromatic rings. The van der Waals surface area contributed by atoms with Gasteiger partial charge in [-0.1, -0.05) is 18.2 Å². The smallest absolute Gasteiger partial charge is 0.265 e. The summed E-state index contributed by atoms with van der Waals surface area (Å²) in [5.74, 6) is 0.166. The van der Waals surface area contributed by atoms with Crippen LogP contribution in [0.4, 0.5) is 5.69 Å². The minimum atomic E-state index is -3.86. The first-order valence-electron chi connectivity index (χ1n) is 8.15. The number of benzene rings is 1. The normalized spacial score (nSPS) is 11.4. The van der Waals surface area contributed by atoms with Gasteiger partial charge in [0.1, 0.15) is 16.3 Å². The second-order valence-electron chi connectivity index (χ2n) is 6.31. The molecular formula is C18H20N4O4S. The molecule has 0 bridgehead atoms. The summed E-state index contributed by atoms with van der Waals surface area (Å²) in [4.78, 5) is 13.7. The number of aromatic amines is 1. The Labute approximate surface area is 157 Å². The summed E-state index contributed by atoms with van der Waals surface area (Å²) in [5, 5.41) is 6.59. The number of rotatable bonds is 5. The number of nitrogens with zero attached hydrogens (tertiary/aromatic N) is 2. The summed E-state index contributed by atoms with van der Waals surface area (Å²) in [6.07, 6.45) is 1.38. The van der Waals surface area contributed by atoms with Gasteiger partial charge in [-0.2, -0.15) is 5.10 Å². The van der Waals surface area contributed by atoms with Gasteiger partial charge >= 0.3 is 0 Å². The first-order chi connectivity index (χ1) is 12.7. The molecule has 9 heteroatoms. The SMILES string of the molecule is Cc1ccccc1NS(=O)(=O)c1cc(-c2[nH]ncc2C(=O)N(C)C)oc1C. The zero-order chi connectivity index (χ0) is 19.8. The number of aromatic nitrogens is 2. The first kappa shape index (κ1) is 18.7. The molecular weight excluding hydrogens is 368 g/mol. The van der Waals surface area contributed by atoms with E-state index >= 15 is 0 Å². The third-order valence-corrected chi connectivity index (χ3v) is 5.55.